The van der Waals surface area contributed by atoms with E-state index >= 15 is 0 Å². The molecule has 0 unspecified atom stereocenters. The molecule has 0 aliphatic carbocycles. The number of nitrogens with zero attached hydrogens (tertiary/aromatic N) is 4. The molecule has 0 atom stereocenters. The highest BCUT2D eigenvalue weighted by atomic mass is 16.4. The largest absolute Gasteiger partial charge is 0.422 e. The van der Waals surface area contributed by atoms with E-state index in [1.807, 2.05) is 65.0 Å². The summed E-state index contributed by atoms with van der Waals surface area (Å²) in [6, 6.07) is 20.9. The van der Waals surface area contributed by atoms with Crippen molar-refractivity contribution in [3.8, 4) is 11.5 Å². The smallest absolute Gasteiger partial charge is 0.349 e. The van der Waals surface area contributed by atoms with Crippen molar-refractivity contribution < 1.29 is 9.21 Å². The van der Waals surface area contributed by atoms with Crippen LogP contribution >= 0.6 is 0 Å². The topological polar surface area (TPSA) is 73.3 Å². The van der Waals surface area contributed by atoms with Crippen LogP contribution in [0.3, 0.4) is 0 Å². The van der Waals surface area contributed by atoms with Crippen LogP contribution in [0, 0.1) is 6.92 Å². The van der Waals surface area contributed by atoms with Gasteiger partial charge in [-0.1, -0.05) is 35.9 Å². The molecule has 2 aromatic carbocycles. The molecule has 0 spiro atoms. The van der Waals surface area contributed by atoms with Crippen LogP contribution in [0.5, 0.6) is 0 Å². The molecule has 3 aromatic heterocycles. The molecule has 4 heterocycles. The first-order chi connectivity index (χ1) is 16.1. The molecule has 0 radical (unpaired) electrons. The molecule has 162 valence electrons. The number of aromatic nitrogens is 3. The average molecular weight is 436 g/mol. The summed E-state index contributed by atoms with van der Waals surface area (Å²) in [6.45, 7) is 2.74. The molecule has 1 aliphatic rings. The number of carbonyl (C=O) groups excluding carboxylic acids is 1. The van der Waals surface area contributed by atoms with E-state index in [0.29, 0.717) is 18.7 Å². The third-order valence-electron chi connectivity index (χ3n) is 6.02. The van der Waals surface area contributed by atoms with Gasteiger partial charge in [-0.2, -0.15) is 5.10 Å². The summed E-state index contributed by atoms with van der Waals surface area (Å²) >= 11 is 0. The minimum Gasteiger partial charge on any atom is -0.422 e. The fourth-order valence-corrected chi connectivity index (χ4v) is 4.33. The zero-order valence-corrected chi connectivity index (χ0v) is 17.9. The van der Waals surface area contributed by atoms with Gasteiger partial charge in [-0.3, -0.25) is 4.79 Å². The first-order valence-electron chi connectivity index (χ1n) is 10.7. The van der Waals surface area contributed by atoms with Crippen LogP contribution < -0.4 is 5.63 Å². The third kappa shape index (κ3) is 3.17. The Kier molecular flexibility index (Phi) is 4.29. The van der Waals surface area contributed by atoms with E-state index in [4.69, 9.17) is 9.52 Å². The SMILES string of the molecule is Cc1ccc(-n2nc3c(c2-n2cccc2)CN(C(=O)c2cc4ccccc4oc2=O)C3)cc1. The zero-order chi connectivity index (χ0) is 22.5. The van der Waals surface area contributed by atoms with E-state index in [2.05, 4.69) is 12.1 Å². The van der Waals surface area contributed by atoms with Crippen molar-refractivity contribution in [2.45, 2.75) is 20.0 Å². The zero-order valence-electron chi connectivity index (χ0n) is 17.9. The molecule has 1 aliphatic heterocycles. The van der Waals surface area contributed by atoms with Crippen molar-refractivity contribution in [1.29, 1.82) is 0 Å². The van der Waals surface area contributed by atoms with Crippen LogP contribution in [-0.2, 0) is 13.1 Å². The van der Waals surface area contributed by atoms with Crippen molar-refractivity contribution in [2.75, 3.05) is 0 Å². The molecule has 0 saturated carbocycles. The molecule has 33 heavy (non-hydrogen) atoms. The van der Waals surface area contributed by atoms with E-state index in [9.17, 15) is 9.59 Å². The van der Waals surface area contributed by atoms with Crippen molar-refractivity contribution in [1.82, 2.24) is 19.2 Å². The molecule has 0 N–H and O–H groups in total. The molecule has 0 bridgehead atoms. The Labute approximate surface area is 189 Å². The fraction of sp³-hybridized carbons (Fsp3) is 0.115. The summed E-state index contributed by atoms with van der Waals surface area (Å²) < 4.78 is 9.29. The minimum absolute atomic E-state index is 0.0350. The van der Waals surface area contributed by atoms with E-state index in [1.165, 1.54) is 5.56 Å². The molecule has 0 saturated heterocycles. The van der Waals surface area contributed by atoms with Crippen LogP contribution in [0.1, 0.15) is 27.2 Å². The number of hydrogen-bond acceptors (Lipinski definition) is 4. The van der Waals surface area contributed by atoms with Crippen LogP contribution in [0.4, 0.5) is 0 Å². The van der Waals surface area contributed by atoms with Gasteiger partial charge in [0.25, 0.3) is 5.91 Å². The number of fused-ring (bicyclic) bond motifs is 2. The average Bonchev–Trinajstić information content (AvgIpc) is 3.55. The number of amides is 1. The molecular formula is C26H20N4O3. The summed E-state index contributed by atoms with van der Waals surface area (Å²) in [5, 5.41) is 5.56. The number of hydrogen-bond donors (Lipinski definition) is 0. The second-order valence-electron chi connectivity index (χ2n) is 8.23. The summed E-state index contributed by atoms with van der Waals surface area (Å²) in [5.74, 6) is 0.535. The number of aryl methyl sites for hydroxylation is 1. The van der Waals surface area contributed by atoms with Crippen molar-refractivity contribution in [2.24, 2.45) is 0 Å². The Hall–Kier alpha value is -4.39. The van der Waals surface area contributed by atoms with E-state index in [0.717, 1.165) is 28.1 Å². The predicted octanol–water partition coefficient (Wildman–Crippen LogP) is 4.23. The summed E-state index contributed by atoms with van der Waals surface area (Å²) in [4.78, 5) is 27.5. The van der Waals surface area contributed by atoms with Gasteiger partial charge in [0, 0.05) is 23.3 Å². The first kappa shape index (κ1) is 19.3. The standard InChI is InChI=1S/C26H20N4O3/c1-17-8-10-19(11-9-17)30-24(28-12-4-5-13-28)21-15-29(16-22(21)27-30)25(31)20-14-18-6-2-3-7-23(18)33-26(20)32/h2-14H,15-16H2,1H3. The molecule has 6 rings (SSSR count). The Morgan fingerprint density at radius 3 is 2.52 bits per heavy atom. The predicted molar refractivity (Wildman–Crippen MR) is 124 cm³/mol. The van der Waals surface area contributed by atoms with Gasteiger partial charge in [0.15, 0.2) is 0 Å². The molecule has 7 nitrogen and oxygen atoms in total. The second-order valence-corrected chi connectivity index (χ2v) is 8.23. The van der Waals surface area contributed by atoms with E-state index in [1.54, 1.807) is 23.1 Å². The van der Waals surface area contributed by atoms with Crippen molar-refractivity contribution >= 4 is 16.9 Å². The van der Waals surface area contributed by atoms with Gasteiger partial charge < -0.3 is 13.9 Å². The first-order valence-corrected chi connectivity index (χ1v) is 10.7. The quantitative estimate of drug-likeness (QED) is 0.397. The van der Waals surface area contributed by atoms with E-state index in [-0.39, 0.29) is 11.5 Å². The van der Waals surface area contributed by atoms with Crippen LogP contribution in [-0.4, -0.2) is 25.2 Å². The molecular weight excluding hydrogens is 416 g/mol. The number of rotatable bonds is 3. The second kappa shape index (κ2) is 7.34. The van der Waals surface area contributed by atoms with E-state index < -0.39 is 5.63 Å². The fourth-order valence-electron chi connectivity index (χ4n) is 4.33. The van der Waals surface area contributed by atoms with Crippen molar-refractivity contribution in [3.05, 3.63) is 112 Å². The maximum atomic E-state index is 13.3. The summed E-state index contributed by atoms with van der Waals surface area (Å²) in [6.07, 6.45) is 3.93. The normalized spacial score (nSPS) is 12.9. The Morgan fingerprint density at radius 2 is 1.73 bits per heavy atom. The lowest BCUT2D eigenvalue weighted by molar-refractivity contribution is 0.0745. The Morgan fingerprint density at radius 1 is 0.970 bits per heavy atom. The lowest BCUT2D eigenvalue weighted by Gasteiger charge is -2.17. The molecule has 5 aromatic rings. The number of para-hydroxylation sites is 1. The van der Waals surface area contributed by atoms with Crippen LogP contribution in [0.25, 0.3) is 22.5 Å². The summed E-state index contributed by atoms with van der Waals surface area (Å²) in [7, 11) is 0. The van der Waals surface area contributed by atoms with Gasteiger partial charge in [0.2, 0.25) is 0 Å². The number of carbonyl (C=O) groups is 1. The van der Waals surface area contributed by atoms with Crippen LogP contribution in [0.2, 0.25) is 0 Å². The van der Waals surface area contributed by atoms with Gasteiger partial charge in [0.05, 0.1) is 24.5 Å². The van der Waals surface area contributed by atoms with Gasteiger partial charge in [-0.05, 0) is 43.3 Å². The highest BCUT2D eigenvalue weighted by Crippen LogP contribution is 2.31. The van der Waals surface area contributed by atoms with Gasteiger partial charge in [-0.25, -0.2) is 9.48 Å². The maximum absolute atomic E-state index is 13.3. The third-order valence-corrected chi connectivity index (χ3v) is 6.02. The maximum Gasteiger partial charge on any atom is 0.349 e. The number of benzene rings is 2. The van der Waals surface area contributed by atoms with Gasteiger partial charge in [-0.15, -0.1) is 0 Å². The Bertz CT molecular complexity index is 1560. The lowest BCUT2D eigenvalue weighted by Crippen LogP contribution is -2.30. The highest BCUT2D eigenvalue weighted by Gasteiger charge is 2.33. The van der Waals surface area contributed by atoms with Crippen molar-refractivity contribution in [3.63, 3.8) is 0 Å². The van der Waals surface area contributed by atoms with Gasteiger partial charge in [0.1, 0.15) is 17.0 Å². The molecule has 0 fully saturated rings. The van der Waals surface area contributed by atoms with Crippen LogP contribution in [0.15, 0.2) is 88.3 Å². The summed E-state index contributed by atoms with van der Waals surface area (Å²) in [5.41, 5.74) is 3.78. The lowest BCUT2D eigenvalue weighted by atomic mass is 10.1. The Balaban J connectivity index is 1.39. The monoisotopic (exact) mass is 436 g/mol. The van der Waals surface area contributed by atoms with Gasteiger partial charge >= 0.3 is 5.63 Å². The molecule has 1 amide bonds. The molecule has 7 heteroatoms. The minimum atomic E-state index is -0.626. The highest BCUT2D eigenvalue weighted by molar-refractivity contribution is 5.97.